The van der Waals surface area contributed by atoms with E-state index < -0.39 is 15.0 Å². The van der Waals surface area contributed by atoms with Crippen molar-refractivity contribution in [2.45, 2.75) is 0 Å². The number of pyridine rings is 1. The summed E-state index contributed by atoms with van der Waals surface area (Å²) in [5.74, 6) is 0. The van der Waals surface area contributed by atoms with Crippen LogP contribution >= 0.6 is 0 Å². The van der Waals surface area contributed by atoms with Gasteiger partial charge >= 0.3 is 129 Å². The number of rotatable bonds is 2. The maximum absolute atomic E-state index is 8.83. The first kappa shape index (κ1) is 13.3. The molecule has 3 rings (SSSR count). The van der Waals surface area contributed by atoms with Gasteiger partial charge in [-0.1, -0.05) is 0 Å². The molecule has 0 radical (unpaired) electrons. The summed E-state index contributed by atoms with van der Waals surface area (Å²) < 4.78 is 2.60. The molecule has 0 saturated heterocycles. The number of benzene rings is 1. The molecule has 0 saturated carbocycles. The Labute approximate surface area is 129 Å². The Bertz CT molecular complexity index is 745. The van der Waals surface area contributed by atoms with Gasteiger partial charge < -0.3 is 0 Å². The number of hydrogen-bond donors (Lipinski definition) is 0. The molecule has 3 nitrogen and oxygen atoms in total. The third-order valence-corrected chi connectivity index (χ3v) is 6.15. The van der Waals surface area contributed by atoms with Crippen LogP contribution in [-0.2, 0) is 0 Å². The number of allylic oxidation sites excluding steroid dienone is 2. The van der Waals surface area contributed by atoms with Gasteiger partial charge in [-0.05, 0) is 0 Å². The zero-order valence-electron chi connectivity index (χ0n) is 11.0. The van der Waals surface area contributed by atoms with E-state index in [1.54, 1.807) is 12.3 Å². The van der Waals surface area contributed by atoms with Gasteiger partial charge in [0.05, 0.1) is 0 Å². The zero-order valence-corrected chi connectivity index (χ0v) is 13.1. The predicted molar refractivity (Wildman–Crippen MR) is 84.6 cm³/mol. The second-order valence-corrected chi connectivity index (χ2v) is 7.30. The predicted octanol–water partition coefficient (Wildman–Crippen LogP) is 2.39. The Morgan fingerprint density at radius 2 is 1.48 bits per heavy atom. The van der Waals surface area contributed by atoms with E-state index in [0.29, 0.717) is 11.1 Å². The summed E-state index contributed by atoms with van der Waals surface area (Å²) >= 11 is -0.431. The molecular weight excluding hydrogens is 325 g/mol. The normalized spacial score (nSPS) is 15.0. The Morgan fingerprint density at radius 3 is 2.10 bits per heavy atom. The second kappa shape index (κ2) is 5.77. The third kappa shape index (κ3) is 2.78. The SMILES string of the molecule is N#Cc1ccc(C2=CC=C(c3ccc(C#N)cn3)[SeH2]2)cc1. The van der Waals surface area contributed by atoms with Crippen LogP contribution in [0.3, 0.4) is 0 Å². The van der Waals surface area contributed by atoms with Crippen LogP contribution in [0.4, 0.5) is 0 Å². The molecule has 4 heteroatoms. The monoisotopic (exact) mass is 337 g/mol. The number of nitrogens with zero attached hydrogens (tertiary/aromatic N) is 3. The van der Waals surface area contributed by atoms with Gasteiger partial charge in [-0.3, -0.25) is 0 Å². The van der Waals surface area contributed by atoms with Crippen LogP contribution in [0.5, 0.6) is 0 Å². The van der Waals surface area contributed by atoms with Gasteiger partial charge in [0.25, 0.3) is 0 Å². The summed E-state index contributed by atoms with van der Waals surface area (Å²) in [5.41, 5.74) is 3.39. The van der Waals surface area contributed by atoms with E-state index in [-0.39, 0.29) is 0 Å². The van der Waals surface area contributed by atoms with E-state index >= 15 is 0 Å². The molecule has 0 unspecified atom stereocenters. The summed E-state index contributed by atoms with van der Waals surface area (Å²) in [6.07, 6.45) is 5.86. The Balaban J connectivity index is 1.77. The molecule has 0 fully saturated rings. The van der Waals surface area contributed by atoms with Crippen molar-refractivity contribution in [3.8, 4) is 12.1 Å². The van der Waals surface area contributed by atoms with Crippen molar-refractivity contribution in [1.29, 1.82) is 10.5 Å². The molecular formula is C17H11N3Se. The Kier molecular flexibility index (Phi) is 3.67. The fourth-order valence-corrected chi connectivity index (χ4v) is 4.60. The summed E-state index contributed by atoms with van der Waals surface area (Å²) in [5, 5.41) is 17.6. The molecule has 0 amide bonds. The van der Waals surface area contributed by atoms with Crippen LogP contribution in [-0.4, -0.2) is 19.9 Å². The molecule has 1 aromatic carbocycles. The van der Waals surface area contributed by atoms with Crippen LogP contribution in [0.1, 0.15) is 22.4 Å². The fourth-order valence-electron chi connectivity index (χ4n) is 2.06. The van der Waals surface area contributed by atoms with Gasteiger partial charge in [0.1, 0.15) is 0 Å². The minimum absolute atomic E-state index is 0.431. The maximum atomic E-state index is 8.83. The molecule has 2 aromatic rings. The quantitative estimate of drug-likeness (QED) is 0.791. The molecule has 100 valence electrons. The molecule has 0 spiro atoms. The summed E-state index contributed by atoms with van der Waals surface area (Å²) in [4.78, 5) is 4.35. The molecule has 2 heterocycles. The number of hydrogen-bond acceptors (Lipinski definition) is 3. The molecule has 0 N–H and O–H groups in total. The van der Waals surface area contributed by atoms with Gasteiger partial charge in [0.2, 0.25) is 0 Å². The van der Waals surface area contributed by atoms with Crippen molar-refractivity contribution in [2.24, 2.45) is 0 Å². The van der Waals surface area contributed by atoms with E-state index in [4.69, 9.17) is 10.5 Å². The topological polar surface area (TPSA) is 60.5 Å². The first-order chi connectivity index (χ1) is 10.3. The number of aromatic nitrogens is 1. The van der Waals surface area contributed by atoms with Crippen molar-refractivity contribution in [1.82, 2.24) is 4.98 Å². The van der Waals surface area contributed by atoms with E-state index in [1.807, 2.05) is 30.3 Å². The average Bonchev–Trinajstić information content (AvgIpc) is 3.05. The molecule has 0 atom stereocenters. The van der Waals surface area contributed by atoms with Crippen LogP contribution in [0.2, 0.25) is 0 Å². The van der Waals surface area contributed by atoms with E-state index in [0.717, 1.165) is 5.69 Å². The van der Waals surface area contributed by atoms with E-state index in [1.165, 1.54) is 14.5 Å². The van der Waals surface area contributed by atoms with Crippen molar-refractivity contribution < 1.29 is 0 Å². The van der Waals surface area contributed by atoms with Crippen LogP contribution in [0.25, 0.3) is 8.94 Å². The van der Waals surface area contributed by atoms with Crippen molar-refractivity contribution in [2.75, 3.05) is 0 Å². The minimum atomic E-state index is -0.431. The standard InChI is InChI=1S/C17H11N3Se/c18-9-12-1-4-14(5-2-12)16-7-8-17(21-16)15-6-3-13(10-19)11-20-15/h1-8,11H,21H2. The van der Waals surface area contributed by atoms with E-state index in [2.05, 4.69) is 29.3 Å². The van der Waals surface area contributed by atoms with Gasteiger partial charge in [-0.25, -0.2) is 0 Å². The fraction of sp³-hybridized carbons (Fsp3) is 0. The average molecular weight is 336 g/mol. The van der Waals surface area contributed by atoms with Gasteiger partial charge in [-0.15, -0.1) is 0 Å². The summed E-state index contributed by atoms with van der Waals surface area (Å²) in [7, 11) is 0. The zero-order chi connectivity index (χ0) is 14.7. The van der Waals surface area contributed by atoms with Crippen molar-refractivity contribution in [3.63, 3.8) is 0 Å². The van der Waals surface area contributed by atoms with Crippen LogP contribution < -0.4 is 0 Å². The van der Waals surface area contributed by atoms with Crippen molar-refractivity contribution in [3.05, 3.63) is 77.1 Å². The third-order valence-electron chi connectivity index (χ3n) is 3.18. The first-order valence-corrected chi connectivity index (χ1v) is 8.46. The van der Waals surface area contributed by atoms with Gasteiger partial charge in [-0.2, -0.15) is 0 Å². The molecule has 0 aliphatic carbocycles. The molecule has 0 bridgehead atoms. The van der Waals surface area contributed by atoms with Gasteiger partial charge in [0, 0.05) is 0 Å². The first-order valence-electron chi connectivity index (χ1n) is 6.36. The summed E-state index contributed by atoms with van der Waals surface area (Å²) in [6, 6.07) is 15.6. The molecule has 21 heavy (non-hydrogen) atoms. The second-order valence-electron chi connectivity index (χ2n) is 4.52. The molecule has 1 aliphatic heterocycles. The summed E-state index contributed by atoms with van der Waals surface area (Å²) in [6.45, 7) is 0. The Hall–Kier alpha value is -2.65. The molecule has 1 aliphatic rings. The molecule has 1 aromatic heterocycles. The Morgan fingerprint density at radius 1 is 0.810 bits per heavy atom. The van der Waals surface area contributed by atoms with Crippen molar-refractivity contribution >= 4 is 23.9 Å². The van der Waals surface area contributed by atoms with Gasteiger partial charge in [0.15, 0.2) is 0 Å². The van der Waals surface area contributed by atoms with Crippen LogP contribution in [0, 0.1) is 22.7 Å². The van der Waals surface area contributed by atoms with Crippen LogP contribution in [0.15, 0.2) is 54.7 Å². The number of nitriles is 2. The van der Waals surface area contributed by atoms with E-state index in [9.17, 15) is 0 Å².